The molecule has 0 radical (unpaired) electrons. The summed E-state index contributed by atoms with van der Waals surface area (Å²) in [7, 11) is 0. The number of pyridine rings is 1. The van der Waals surface area contributed by atoms with E-state index in [2.05, 4.69) is 15.6 Å². The number of aryl methyl sites for hydroxylation is 1. The molecule has 1 aliphatic rings. The summed E-state index contributed by atoms with van der Waals surface area (Å²) in [4.78, 5) is 16.2. The Labute approximate surface area is 125 Å². The molecule has 1 heterocycles. The van der Waals surface area contributed by atoms with E-state index in [0.29, 0.717) is 5.82 Å². The summed E-state index contributed by atoms with van der Waals surface area (Å²) in [5.74, 6) is 0.303. The highest BCUT2D eigenvalue weighted by atomic mass is 16.1. The molecular weight excluding hydrogens is 264 g/mol. The highest BCUT2D eigenvalue weighted by molar-refractivity contribution is 5.97. The summed E-state index contributed by atoms with van der Waals surface area (Å²) in [6.07, 6.45) is 8.60. The predicted octanol–water partition coefficient (Wildman–Crippen LogP) is 2.66. The molecule has 0 aromatic carbocycles. The van der Waals surface area contributed by atoms with Gasteiger partial charge >= 0.3 is 0 Å². The lowest BCUT2D eigenvalue weighted by Crippen LogP contribution is -2.37. The molecule has 0 atom stereocenters. The molecule has 1 amide bonds. The number of aromatic nitrogens is 1. The van der Waals surface area contributed by atoms with Crippen molar-refractivity contribution in [2.45, 2.75) is 45.1 Å². The molecule has 2 rings (SSSR count). The number of nitrogens with one attached hydrogen (secondary N) is 2. The summed E-state index contributed by atoms with van der Waals surface area (Å²) in [5.41, 5.74) is 1.13. The van der Waals surface area contributed by atoms with Crippen molar-refractivity contribution in [3.63, 3.8) is 0 Å². The lowest BCUT2D eigenvalue weighted by atomic mass is 9.95. The molecular formula is C16H20N4O. The first-order valence-corrected chi connectivity index (χ1v) is 7.29. The zero-order chi connectivity index (χ0) is 15.1. The lowest BCUT2D eigenvalue weighted by molar-refractivity contribution is -0.118. The average Bonchev–Trinajstić information content (AvgIpc) is 2.49. The fourth-order valence-electron chi connectivity index (χ4n) is 2.42. The molecule has 0 saturated heterocycles. The van der Waals surface area contributed by atoms with E-state index in [0.717, 1.165) is 31.2 Å². The summed E-state index contributed by atoms with van der Waals surface area (Å²) in [5, 5.41) is 14.9. The Bertz CT molecular complexity index is 568. The maximum absolute atomic E-state index is 12.1. The number of anilines is 1. The number of nitriles is 1. The predicted molar refractivity (Wildman–Crippen MR) is 81.3 cm³/mol. The third-order valence-corrected chi connectivity index (χ3v) is 3.59. The highest BCUT2D eigenvalue weighted by Gasteiger charge is 2.17. The Morgan fingerprint density at radius 1 is 1.43 bits per heavy atom. The van der Waals surface area contributed by atoms with Crippen molar-refractivity contribution < 1.29 is 4.79 Å². The van der Waals surface area contributed by atoms with Crippen molar-refractivity contribution in [2.24, 2.45) is 0 Å². The van der Waals surface area contributed by atoms with Crippen molar-refractivity contribution in [3.8, 4) is 6.07 Å². The van der Waals surface area contributed by atoms with Crippen LogP contribution < -0.4 is 10.6 Å². The molecule has 21 heavy (non-hydrogen) atoms. The Morgan fingerprint density at radius 2 is 2.19 bits per heavy atom. The molecule has 1 saturated carbocycles. The third-order valence-electron chi connectivity index (χ3n) is 3.59. The van der Waals surface area contributed by atoms with Crippen LogP contribution in [0.4, 0.5) is 5.82 Å². The van der Waals surface area contributed by atoms with Gasteiger partial charge in [-0.2, -0.15) is 5.26 Å². The van der Waals surface area contributed by atoms with Crippen LogP contribution in [0.5, 0.6) is 0 Å². The average molecular weight is 284 g/mol. The molecule has 5 heteroatoms. The third kappa shape index (κ3) is 4.60. The molecule has 0 bridgehead atoms. The van der Waals surface area contributed by atoms with E-state index in [9.17, 15) is 4.79 Å². The number of amides is 1. The van der Waals surface area contributed by atoms with Crippen LogP contribution in [0, 0.1) is 18.3 Å². The number of rotatable bonds is 4. The van der Waals surface area contributed by atoms with Gasteiger partial charge in [0.25, 0.3) is 5.91 Å². The fraction of sp³-hybridized carbons (Fsp3) is 0.438. The lowest BCUT2D eigenvalue weighted by Gasteiger charge is -2.22. The van der Waals surface area contributed by atoms with E-state index >= 15 is 0 Å². The van der Waals surface area contributed by atoms with Crippen molar-refractivity contribution >= 4 is 11.7 Å². The zero-order valence-electron chi connectivity index (χ0n) is 12.2. The van der Waals surface area contributed by atoms with Crippen LogP contribution in [-0.2, 0) is 4.79 Å². The van der Waals surface area contributed by atoms with Gasteiger partial charge in [-0.15, -0.1) is 0 Å². The van der Waals surface area contributed by atoms with Crippen molar-refractivity contribution in [2.75, 3.05) is 5.32 Å². The van der Waals surface area contributed by atoms with Gasteiger partial charge in [0.15, 0.2) is 0 Å². The van der Waals surface area contributed by atoms with Gasteiger partial charge in [-0.3, -0.25) is 4.79 Å². The van der Waals surface area contributed by atoms with Crippen LogP contribution in [-0.4, -0.2) is 16.9 Å². The van der Waals surface area contributed by atoms with Crippen LogP contribution in [0.15, 0.2) is 30.1 Å². The Balaban J connectivity index is 1.96. The second-order valence-corrected chi connectivity index (χ2v) is 5.34. The molecule has 5 nitrogen and oxygen atoms in total. The molecule has 1 aliphatic carbocycles. The van der Waals surface area contributed by atoms with E-state index in [1.54, 1.807) is 6.20 Å². The van der Waals surface area contributed by atoms with Crippen LogP contribution >= 0.6 is 0 Å². The monoisotopic (exact) mass is 284 g/mol. The number of carbonyl (C=O) groups is 1. The molecule has 0 aliphatic heterocycles. The van der Waals surface area contributed by atoms with E-state index in [-0.39, 0.29) is 17.5 Å². The van der Waals surface area contributed by atoms with Gasteiger partial charge in [0.05, 0.1) is 0 Å². The standard InChI is InChI=1S/C16H20N4O/c1-12-7-8-18-15(9-12)19-11-13(10-17)16(21)20-14-5-3-2-4-6-14/h7-9,11,14H,2-6H2,1H3,(H,18,19)(H,20,21)/b13-11-. The normalized spacial score (nSPS) is 16.1. The minimum Gasteiger partial charge on any atom is -0.349 e. The minimum absolute atomic E-state index is 0.0730. The topological polar surface area (TPSA) is 77.8 Å². The van der Waals surface area contributed by atoms with E-state index in [1.807, 2.05) is 25.1 Å². The molecule has 1 fully saturated rings. The Hall–Kier alpha value is -2.35. The number of hydrogen-bond donors (Lipinski definition) is 2. The summed E-state index contributed by atoms with van der Waals surface area (Å²) in [6, 6.07) is 5.87. The second kappa shape index (κ2) is 7.44. The van der Waals surface area contributed by atoms with Crippen LogP contribution in [0.2, 0.25) is 0 Å². The zero-order valence-corrected chi connectivity index (χ0v) is 12.2. The minimum atomic E-state index is -0.315. The van der Waals surface area contributed by atoms with E-state index in [1.165, 1.54) is 12.6 Å². The van der Waals surface area contributed by atoms with Crippen LogP contribution in [0.25, 0.3) is 0 Å². The Kier molecular flexibility index (Phi) is 5.33. The Morgan fingerprint density at radius 3 is 2.86 bits per heavy atom. The fourth-order valence-corrected chi connectivity index (χ4v) is 2.42. The van der Waals surface area contributed by atoms with Crippen molar-refractivity contribution in [1.29, 1.82) is 5.26 Å². The van der Waals surface area contributed by atoms with Gasteiger partial charge in [0.2, 0.25) is 0 Å². The van der Waals surface area contributed by atoms with Crippen LogP contribution in [0.3, 0.4) is 0 Å². The van der Waals surface area contributed by atoms with E-state index < -0.39 is 0 Å². The number of nitrogens with zero attached hydrogens (tertiary/aromatic N) is 2. The molecule has 110 valence electrons. The van der Waals surface area contributed by atoms with Gasteiger partial charge in [0, 0.05) is 18.4 Å². The maximum Gasteiger partial charge on any atom is 0.263 e. The SMILES string of the molecule is Cc1ccnc(N/C=C(/C#N)C(=O)NC2CCCCC2)c1. The van der Waals surface area contributed by atoms with Crippen molar-refractivity contribution in [3.05, 3.63) is 35.7 Å². The number of hydrogen-bond acceptors (Lipinski definition) is 4. The highest BCUT2D eigenvalue weighted by Crippen LogP contribution is 2.17. The molecule has 1 aromatic rings. The number of carbonyl (C=O) groups excluding carboxylic acids is 1. The van der Waals surface area contributed by atoms with Gasteiger partial charge in [-0.25, -0.2) is 4.98 Å². The molecule has 0 unspecified atom stereocenters. The first kappa shape index (κ1) is 15.0. The van der Waals surface area contributed by atoms with Crippen molar-refractivity contribution in [1.82, 2.24) is 10.3 Å². The largest absolute Gasteiger partial charge is 0.349 e. The first-order chi connectivity index (χ1) is 10.2. The van der Waals surface area contributed by atoms with Crippen LogP contribution in [0.1, 0.15) is 37.7 Å². The second-order valence-electron chi connectivity index (χ2n) is 5.34. The molecule has 1 aromatic heterocycles. The van der Waals surface area contributed by atoms with Gasteiger partial charge in [-0.1, -0.05) is 19.3 Å². The van der Waals surface area contributed by atoms with Gasteiger partial charge < -0.3 is 10.6 Å². The maximum atomic E-state index is 12.1. The van der Waals surface area contributed by atoms with Gasteiger partial charge in [-0.05, 0) is 37.5 Å². The summed E-state index contributed by atoms with van der Waals surface area (Å²) in [6.45, 7) is 1.96. The quantitative estimate of drug-likeness (QED) is 0.658. The van der Waals surface area contributed by atoms with E-state index in [4.69, 9.17) is 5.26 Å². The van der Waals surface area contributed by atoms with Gasteiger partial charge in [0.1, 0.15) is 17.5 Å². The molecule has 0 spiro atoms. The first-order valence-electron chi connectivity index (χ1n) is 7.29. The summed E-state index contributed by atoms with van der Waals surface area (Å²) < 4.78 is 0. The molecule has 2 N–H and O–H groups in total. The smallest absolute Gasteiger partial charge is 0.263 e. The summed E-state index contributed by atoms with van der Waals surface area (Å²) >= 11 is 0.